The van der Waals surface area contributed by atoms with Crippen molar-refractivity contribution < 1.29 is 0 Å². The highest BCUT2D eigenvalue weighted by Gasteiger charge is 2.25. The standard InChI is InChI=1S/C17H19N/c1-13-16(12-14-8-10-18-11-9-14)7-6-15-4-2-3-5-17(13)15/h2-5,8-11,13,16H,6-7,12H2,1H3/t13-,16+/m0/s1. The lowest BCUT2D eigenvalue weighted by Gasteiger charge is -2.31. The lowest BCUT2D eigenvalue weighted by molar-refractivity contribution is 0.389. The summed E-state index contributed by atoms with van der Waals surface area (Å²) in [5.74, 6) is 1.44. The van der Waals surface area contributed by atoms with Gasteiger partial charge in [0.15, 0.2) is 0 Å². The van der Waals surface area contributed by atoms with Crippen molar-refractivity contribution in [3.05, 3.63) is 65.5 Å². The third kappa shape index (κ3) is 2.17. The van der Waals surface area contributed by atoms with Crippen LogP contribution in [0, 0.1) is 5.92 Å². The van der Waals surface area contributed by atoms with E-state index in [4.69, 9.17) is 0 Å². The smallest absolute Gasteiger partial charge is 0.0270 e. The first-order valence-corrected chi connectivity index (χ1v) is 6.81. The summed E-state index contributed by atoms with van der Waals surface area (Å²) >= 11 is 0. The van der Waals surface area contributed by atoms with Crippen LogP contribution in [0.3, 0.4) is 0 Å². The highest BCUT2D eigenvalue weighted by atomic mass is 14.6. The van der Waals surface area contributed by atoms with Gasteiger partial charge in [-0.15, -0.1) is 0 Å². The topological polar surface area (TPSA) is 12.9 Å². The minimum atomic E-state index is 0.670. The van der Waals surface area contributed by atoms with E-state index in [1.807, 2.05) is 12.4 Å². The Morgan fingerprint density at radius 1 is 1.11 bits per heavy atom. The van der Waals surface area contributed by atoms with Gasteiger partial charge in [-0.25, -0.2) is 0 Å². The van der Waals surface area contributed by atoms with Crippen molar-refractivity contribution in [2.24, 2.45) is 5.92 Å². The Balaban J connectivity index is 1.81. The van der Waals surface area contributed by atoms with E-state index in [9.17, 15) is 0 Å². The van der Waals surface area contributed by atoms with Crippen LogP contribution in [0.15, 0.2) is 48.8 Å². The fourth-order valence-electron chi connectivity index (χ4n) is 3.15. The Labute approximate surface area is 109 Å². The molecule has 1 aromatic carbocycles. The maximum Gasteiger partial charge on any atom is 0.0270 e. The number of fused-ring (bicyclic) bond motifs is 1. The molecule has 0 bridgehead atoms. The van der Waals surface area contributed by atoms with Crippen LogP contribution in [0.4, 0.5) is 0 Å². The number of benzene rings is 1. The average Bonchev–Trinajstić information content (AvgIpc) is 2.43. The molecule has 92 valence electrons. The first-order chi connectivity index (χ1) is 8.84. The van der Waals surface area contributed by atoms with E-state index in [1.54, 1.807) is 11.1 Å². The van der Waals surface area contributed by atoms with E-state index in [0.29, 0.717) is 5.92 Å². The number of aromatic nitrogens is 1. The van der Waals surface area contributed by atoms with Crippen molar-refractivity contribution in [1.29, 1.82) is 0 Å². The van der Waals surface area contributed by atoms with Crippen molar-refractivity contribution in [3.63, 3.8) is 0 Å². The summed E-state index contributed by atoms with van der Waals surface area (Å²) in [4.78, 5) is 4.09. The SMILES string of the molecule is C[C@@H]1c2ccccc2CC[C@@H]1Cc1ccncc1. The Hall–Kier alpha value is -1.63. The fourth-order valence-corrected chi connectivity index (χ4v) is 3.15. The van der Waals surface area contributed by atoms with Gasteiger partial charge in [-0.2, -0.15) is 0 Å². The van der Waals surface area contributed by atoms with E-state index in [0.717, 1.165) is 5.92 Å². The molecule has 0 spiro atoms. The molecule has 1 aliphatic rings. The third-order valence-electron chi connectivity index (χ3n) is 4.28. The number of nitrogens with zero attached hydrogens (tertiary/aromatic N) is 1. The molecule has 1 nitrogen and oxygen atoms in total. The van der Waals surface area contributed by atoms with Crippen molar-refractivity contribution >= 4 is 0 Å². The zero-order valence-corrected chi connectivity index (χ0v) is 10.8. The van der Waals surface area contributed by atoms with Crippen LogP contribution in [-0.2, 0) is 12.8 Å². The van der Waals surface area contributed by atoms with Crippen molar-refractivity contribution in [2.75, 3.05) is 0 Å². The predicted molar refractivity (Wildman–Crippen MR) is 74.6 cm³/mol. The summed E-state index contributed by atoms with van der Waals surface area (Å²) in [6.07, 6.45) is 7.52. The minimum absolute atomic E-state index is 0.670. The van der Waals surface area contributed by atoms with Crippen molar-refractivity contribution in [3.8, 4) is 0 Å². The molecule has 1 heterocycles. The monoisotopic (exact) mass is 237 g/mol. The normalized spacial score (nSPS) is 22.5. The molecule has 2 atom stereocenters. The summed E-state index contributed by atoms with van der Waals surface area (Å²) in [5, 5.41) is 0. The van der Waals surface area contributed by atoms with Crippen LogP contribution in [0.5, 0.6) is 0 Å². The molecule has 2 aromatic rings. The van der Waals surface area contributed by atoms with Crippen molar-refractivity contribution in [1.82, 2.24) is 4.98 Å². The third-order valence-corrected chi connectivity index (χ3v) is 4.28. The molecule has 1 aromatic heterocycles. The quantitative estimate of drug-likeness (QED) is 0.769. The van der Waals surface area contributed by atoms with Crippen LogP contribution in [0.25, 0.3) is 0 Å². The van der Waals surface area contributed by atoms with Crippen LogP contribution in [0.1, 0.15) is 36.0 Å². The summed E-state index contributed by atoms with van der Waals surface area (Å²) in [6.45, 7) is 2.38. The first kappa shape index (κ1) is 11.5. The highest BCUT2D eigenvalue weighted by molar-refractivity contribution is 5.33. The molecular formula is C17H19N. The first-order valence-electron chi connectivity index (χ1n) is 6.81. The van der Waals surface area contributed by atoms with Gasteiger partial charge in [-0.3, -0.25) is 4.98 Å². The Morgan fingerprint density at radius 2 is 1.89 bits per heavy atom. The summed E-state index contributed by atoms with van der Waals surface area (Å²) in [7, 11) is 0. The van der Waals surface area contributed by atoms with Crippen molar-refractivity contribution in [2.45, 2.75) is 32.1 Å². The molecule has 0 radical (unpaired) electrons. The molecule has 0 fully saturated rings. The van der Waals surface area contributed by atoms with Gasteiger partial charge < -0.3 is 0 Å². The molecule has 0 saturated carbocycles. The van der Waals surface area contributed by atoms with Gasteiger partial charge in [0.2, 0.25) is 0 Å². The lowest BCUT2D eigenvalue weighted by Crippen LogP contribution is -2.20. The molecule has 0 saturated heterocycles. The van der Waals surface area contributed by atoms with Gasteiger partial charge >= 0.3 is 0 Å². The maximum absolute atomic E-state index is 4.09. The number of hydrogen-bond acceptors (Lipinski definition) is 1. The largest absolute Gasteiger partial charge is 0.265 e. The summed E-state index contributed by atoms with van der Waals surface area (Å²) < 4.78 is 0. The van der Waals surface area contributed by atoms with Gasteiger partial charge in [0.1, 0.15) is 0 Å². The second-order valence-electron chi connectivity index (χ2n) is 5.35. The summed E-state index contributed by atoms with van der Waals surface area (Å²) in [6, 6.07) is 13.2. The Kier molecular flexibility index (Phi) is 3.14. The molecule has 18 heavy (non-hydrogen) atoms. The van der Waals surface area contributed by atoms with Gasteiger partial charge in [-0.1, -0.05) is 31.2 Å². The summed E-state index contributed by atoms with van der Waals surface area (Å²) in [5.41, 5.74) is 4.53. The van der Waals surface area contributed by atoms with E-state index >= 15 is 0 Å². The average molecular weight is 237 g/mol. The van der Waals surface area contributed by atoms with Crippen LogP contribution < -0.4 is 0 Å². The van der Waals surface area contributed by atoms with Crippen LogP contribution in [-0.4, -0.2) is 4.98 Å². The number of rotatable bonds is 2. The second kappa shape index (κ2) is 4.93. The van der Waals surface area contributed by atoms with Crippen LogP contribution in [0.2, 0.25) is 0 Å². The fraction of sp³-hybridized carbons (Fsp3) is 0.353. The molecule has 0 unspecified atom stereocenters. The maximum atomic E-state index is 4.09. The molecular weight excluding hydrogens is 218 g/mol. The van der Waals surface area contributed by atoms with Crippen LogP contribution >= 0.6 is 0 Å². The van der Waals surface area contributed by atoms with E-state index in [2.05, 4.69) is 48.3 Å². The minimum Gasteiger partial charge on any atom is -0.265 e. The molecule has 0 N–H and O–H groups in total. The zero-order chi connectivity index (χ0) is 12.4. The highest BCUT2D eigenvalue weighted by Crippen LogP contribution is 2.37. The van der Waals surface area contributed by atoms with Gasteiger partial charge in [0.05, 0.1) is 0 Å². The number of pyridine rings is 1. The molecule has 3 rings (SSSR count). The number of hydrogen-bond donors (Lipinski definition) is 0. The van der Waals surface area contributed by atoms with Gasteiger partial charge in [0, 0.05) is 12.4 Å². The van der Waals surface area contributed by atoms with E-state index in [1.165, 1.54) is 24.8 Å². The number of aryl methyl sites for hydroxylation is 1. The lowest BCUT2D eigenvalue weighted by atomic mass is 9.74. The predicted octanol–water partition coefficient (Wildman–Crippen LogP) is 3.99. The van der Waals surface area contributed by atoms with Gasteiger partial charge in [-0.05, 0) is 59.9 Å². The molecule has 0 amide bonds. The Morgan fingerprint density at radius 3 is 2.72 bits per heavy atom. The second-order valence-corrected chi connectivity index (χ2v) is 5.35. The molecule has 0 aliphatic heterocycles. The van der Waals surface area contributed by atoms with Gasteiger partial charge in [0.25, 0.3) is 0 Å². The zero-order valence-electron chi connectivity index (χ0n) is 10.8. The van der Waals surface area contributed by atoms with E-state index < -0.39 is 0 Å². The molecule has 1 heteroatoms. The Bertz CT molecular complexity index is 518. The molecule has 1 aliphatic carbocycles. The van der Waals surface area contributed by atoms with E-state index in [-0.39, 0.29) is 0 Å².